The molecule has 0 aromatic rings. The van der Waals surface area contributed by atoms with Crippen LogP contribution in [0.15, 0.2) is 47.5 Å². The van der Waals surface area contributed by atoms with Crippen LogP contribution in [0.2, 0.25) is 39.8 Å². The number of esters is 2. The predicted molar refractivity (Wildman–Crippen MR) is 231 cm³/mol. The number of ether oxygens (including phenoxy) is 4. The molecule has 0 fully saturated rings. The highest BCUT2D eigenvalue weighted by molar-refractivity contribution is 9.09. The minimum Gasteiger partial charge on any atom is -0.469 e. The Morgan fingerprint density at radius 1 is 0.750 bits per heavy atom. The lowest BCUT2D eigenvalue weighted by molar-refractivity contribution is -0.141. The van der Waals surface area contributed by atoms with Crippen LogP contribution >= 0.6 is 15.9 Å². The molecule has 0 saturated carbocycles. The summed E-state index contributed by atoms with van der Waals surface area (Å²) in [4.78, 5) is 44.8. The van der Waals surface area contributed by atoms with E-state index in [1.807, 2.05) is 65.8 Å². The highest BCUT2D eigenvalue weighted by atomic mass is 79.9. The number of methoxy groups -OCH3 is 2. The molecule has 0 heterocycles. The van der Waals surface area contributed by atoms with Gasteiger partial charge in [-0.25, -0.2) is 0 Å². The largest absolute Gasteiger partial charge is 0.469 e. The number of Topliss-reactive ketones (excluding diaryl/α,β-unsaturated/α-hetero) is 2. The second kappa shape index (κ2) is 32.6. The average Bonchev–Trinajstić information content (AvgIpc) is 3.56. The molecular weight excluding hydrogens is 755 g/mol. The van der Waals surface area contributed by atoms with Gasteiger partial charge in [-0.15, -0.1) is 5.98 Å². The van der Waals surface area contributed by atoms with Gasteiger partial charge in [-0.05, 0) is 91.4 Å². The van der Waals surface area contributed by atoms with E-state index in [2.05, 4.69) is 77.3 Å². The number of alkyl halides is 1. The summed E-state index contributed by atoms with van der Waals surface area (Å²) in [5.41, 5.74) is 1.26. The van der Waals surface area contributed by atoms with E-state index in [-0.39, 0.29) is 46.9 Å². The molecule has 0 radical (unpaired) electrons. The van der Waals surface area contributed by atoms with Crippen LogP contribution in [0.1, 0.15) is 99.3 Å². The molecule has 0 amide bonds. The highest BCUT2D eigenvalue weighted by Gasteiger charge is 2.28. The number of carbonyl (C=O) groups is 4. The van der Waals surface area contributed by atoms with E-state index in [1.165, 1.54) is 14.2 Å². The first-order valence-electron chi connectivity index (χ1n) is 19.1. The third-order valence-electron chi connectivity index (χ3n) is 6.40. The number of allylic oxidation sites excluding steroid dienone is 5. The van der Waals surface area contributed by atoms with Gasteiger partial charge in [-0.1, -0.05) is 74.0 Å². The van der Waals surface area contributed by atoms with Gasteiger partial charge in [0.1, 0.15) is 0 Å². The maximum absolute atomic E-state index is 11.9. The minimum absolute atomic E-state index is 0.0277. The minimum atomic E-state index is -0.235. The number of hydrogen-bond acceptors (Lipinski definition) is 8. The van der Waals surface area contributed by atoms with Gasteiger partial charge in [0, 0.05) is 55.6 Å². The van der Waals surface area contributed by atoms with E-state index in [9.17, 15) is 19.2 Å². The fraction of sp³-hybridized carbons (Fsp3) is 0.700. The van der Waals surface area contributed by atoms with Gasteiger partial charge in [-0.2, -0.15) is 0 Å². The summed E-state index contributed by atoms with van der Waals surface area (Å²) in [6, 6.07) is 0. The van der Waals surface area contributed by atoms with Gasteiger partial charge in [0.05, 0.1) is 37.6 Å². The Labute approximate surface area is 331 Å². The number of rotatable bonds is 14. The molecule has 0 aliphatic heterocycles. The molecule has 12 heteroatoms. The summed E-state index contributed by atoms with van der Waals surface area (Å²) >= 11 is 3.28. The molecule has 2 aliphatic carbocycles. The van der Waals surface area contributed by atoms with E-state index >= 15 is 0 Å². The third-order valence-corrected chi connectivity index (χ3v) is 7.01. The van der Waals surface area contributed by atoms with Crippen LogP contribution in [0.4, 0.5) is 0 Å². The molecule has 300 valence electrons. The summed E-state index contributed by atoms with van der Waals surface area (Å²) < 4.78 is 20.6. The summed E-state index contributed by atoms with van der Waals surface area (Å²) in [6.07, 6.45) is 15.8. The number of unbranched alkanes of at least 4 members (excludes halogenated alkanes) is 2. The van der Waals surface area contributed by atoms with Crippen LogP contribution in [0, 0.1) is 0 Å². The second-order valence-corrected chi connectivity index (χ2v) is 18.4. The van der Waals surface area contributed by atoms with Crippen molar-refractivity contribution in [2.75, 3.05) is 19.5 Å². The Bertz CT molecular complexity index is 1120. The smallest absolute Gasteiger partial charge is 0.305 e. The predicted octanol–water partition coefficient (Wildman–Crippen LogP) is 8.51. The number of ketones is 2. The summed E-state index contributed by atoms with van der Waals surface area (Å²) in [7, 11) is 3.65. The third kappa shape index (κ3) is 35.2. The first-order valence-corrected chi connectivity index (χ1v) is 25.9. The van der Waals surface area contributed by atoms with Crippen LogP contribution in [-0.4, -0.2) is 92.2 Å². The van der Waals surface area contributed by atoms with Crippen molar-refractivity contribution < 1.29 is 38.1 Å². The zero-order valence-electron chi connectivity index (χ0n) is 35.3. The lowest BCUT2D eigenvalue weighted by Gasteiger charge is -2.23. The lowest BCUT2D eigenvalue weighted by atomic mass is 9.55. The first-order chi connectivity index (χ1) is 24.2. The van der Waals surface area contributed by atoms with Crippen molar-refractivity contribution in [1.82, 2.24) is 0 Å². The van der Waals surface area contributed by atoms with Gasteiger partial charge in [-0.3, -0.25) is 19.2 Å². The molecule has 0 spiro atoms. The Morgan fingerprint density at radius 2 is 1.13 bits per heavy atom. The molecule has 2 rings (SSSR count). The highest BCUT2D eigenvalue weighted by Crippen LogP contribution is 2.25. The van der Waals surface area contributed by atoms with Crippen molar-refractivity contribution in [3.8, 4) is 0 Å². The molecule has 8 nitrogen and oxygen atoms in total. The Balaban J connectivity index is -0.000000670. The van der Waals surface area contributed by atoms with Gasteiger partial charge in [0.2, 0.25) is 0 Å². The Kier molecular flexibility index (Phi) is 34.1. The molecular formula is C40H74BBrO8Si2. The zero-order chi connectivity index (χ0) is 40.8. The summed E-state index contributed by atoms with van der Waals surface area (Å²) in [5, 5.41) is 0.635. The molecule has 0 bridgehead atoms. The molecule has 0 aromatic heterocycles. The van der Waals surface area contributed by atoms with Crippen molar-refractivity contribution in [2.24, 2.45) is 0 Å². The molecule has 52 heavy (non-hydrogen) atoms. The van der Waals surface area contributed by atoms with E-state index in [0.717, 1.165) is 36.8 Å². The van der Waals surface area contributed by atoms with Crippen LogP contribution in [0.25, 0.3) is 0 Å². The molecule has 0 aromatic carbocycles. The molecule has 2 aliphatic rings. The first kappa shape index (κ1) is 54.5. The maximum atomic E-state index is 11.9. The molecule has 2 atom stereocenters. The number of halogens is 1. The van der Waals surface area contributed by atoms with Gasteiger partial charge in [0.15, 0.2) is 18.3 Å². The maximum Gasteiger partial charge on any atom is 0.305 e. The topological polar surface area (TPSA) is 105 Å². The van der Waals surface area contributed by atoms with Gasteiger partial charge >= 0.3 is 11.9 Å². The average molecular weight is 830 g/mol. The molecule has 2 unspecified atom stereocenters. The van der Waals surface area contributed by atoms with E-state index in [1.54, 1.807) is 0 Å². The lowest BCUT2D eigenvalue weighted by Crippen LogP contribution is -2.25. The number of carbonyl (C=O) groups excluding carboxylic acids is 4. The van der Waals surface area contributed by atoms with Crippen LogP contribution in [0.3, 0.4) is 0 Å². The second-order valence-electron chi connectivity index (χ2n) is 15.0. The van der Waals surface area contributed by atoms with E-state index < -0.39 is 0 Å². The quantitative estimate of drug-likeness (QED) is 0.0565. The van der Waals surface area contributed by atoms with E-state index in [4.69, 9.17) is 9.47 Å². The van der Waals surface area contributed by atoms with Crippen molar-refractivity contribution in [1.29, 1.82) is 0 Å². The van der Waals surface area contributed by atoms with Crippen LogP contribution in [-0.2, 0) is 38.1 Å². The fourth-order valence-electron chi connectivity index (χ4n) is 4.37. The Hall–Kier alpha value is -1.86. The van der Waals surface area contributed by atoms with Crippen molar-refractivity contribution in [3.05, 3.63) is 47.5 Å². The number of hydrogen-bond donors (Lipinski definition) is 0. The summed E-state index contributed by atoms with van der Waals surface area (Å²) in [6.45, 7) is 25.9. The van der Waals surface area contributed by atoms with Crippen molar-refractivity contribution in [2.45, 2.75) is 163 Å². The zero-order valence-corrected chi connectivity index (χ0v) is 39.7. The molecule has 0 N–H and O–H groups in total. The van der Waals surface area contributed by atoms with Gasteiger partial charge < -0.3 is 18.9 Å². The Morgan fingerprint density at radius 3 is 1.48 bits per heavy atom. The van der Waals surface area contributed by atoms with Crippen LogP contribution < -0.4 is 0 Å². The van der Waals surface area contributed by atoms with Crippen molar-refractivity contribution in [3.63, 3.8) is 0 Å². The molecule has 0 saturated heterocycles. The SMILES string of the molecule is CC(C)(C)OC1C=C(CBr)C(=O)C1.COC(=O)CCC/C=C/B(C)C.COC(=O)CCC/C=C/CC1=CC(OC(C)(C)C)CC1=O.C[SiH2]C.C[SiH2]C. The monoisotopic (exact) mass is 828 g/mol. The van der Waals surface area contributed by atoms with Crippen molar-refractivity contribution >= 4 is 65.2 Å². The van der Waals surface area contributed by atoms with Gasteiger partial charge in [0.25, 0.3) is 0 Å². The van der Waals surface area contributed by atoms with E-state index in [0.29, 0.717) is 63.2 Å². The van der Waals surface area contributed by atoms with Crippen LogP contribution in [0.5, 0.6) is 0 Å². The summed E-state index contributed by atoms with van der Waals surface area (Å²) in [5.74, 6) is 2.22. The fourth-order valence-corrected chi connectivity index (χ4v) is 4.87. The standard InChI is InChI=1S/C17H26O4.C10H15BrO2.C9H17BO2.2C2H8Si/c1-17(2,3)21-14-11-13(15(18)12-14)9-7-5-6-8-10-16(19)20-4;1-10(2,3)13-8-4-7(6-11)9(12)5-8;1-10(2)8-6-4-5-7-9(11)12-3;2*1-3-2/h5,7,11,14H,6,8-10,12H2,1-4H3;4,8H,5-6H2,1-3H3;6,8H,4-5,7H2,1-3H3;2*3H2,1-2H3/b7-5+;;8-6+;;. The normalized spacial score (nSPS) is 16.7.